The van der Waals surface area contributed by atoms with E-state index in [0.717, 1.165) is 17.9 Å². The Kier molecular flexibility index (Phi) is 5.56. The maximum atomic E-state index is 12.3. The van der Waals surface area contributed by atoms with Gasteiger partial charge in [0.05, 0.1) is 5.75 Å². The van der Waals surface area contributed by atoms with Crippen LogP contribution < -0.4 is 0 Å². The number of nitrogens with zero attached hydrogens (tertiary/aromatic N) is 3. The summed E-state index contributed by atoms with van der Waals surface area (Å²) >= 11 is 7.25. The Hall–Kier alpha value is -2.11. The van der Waals surface area contributed by atoms with Crippen LogP contribution in [0.25, 0.3) is 5.69 Å². The predicted octanol–water partition coefficient (Wildman–Crippen LogP) is 4.77. The summed E-state index contributed by atoms with van der Waals surface area (Å²) in [4.78, 5) is 12.3. The molecule has 1 aromatic heterocycles. The van der Waals surface area contributed by atoms with Gasteiger partial charge in [-0.3, -0.25) is 9.36 Å². The number of rotatable bonds is 6. The minimum absolute atomic E-state index is 0.0372. The fraction of sp³-hybridized carbons (Fsp3) is 0.211. The summed E-state index contributed by atoms with van der Waals surface area (Å²) in [5.74, 6) is 1.13. The second-order valence-corrected chi connectivity index (χ2v) is 6.98. The fourth-order valence-electron chi connectivity index (χ4n) is 2.46. The summed E-state index contributed by atoms with van der Waals surface area (Å²) in [5, 5.41) is 9.71. The average molecular weight is 372 g/mol. The highest BCUT2D eigenvalue weighted by atomic mass is 35.5. The van der Waals surface area contributed by atoms with Crippen molar-refractivity contribution >= 4 is 29.1 Å². The number of carbonyl (C=O) groups excluding carboxylic acids is 1. The van der Waals surface area contributed by atoms with Gasteiger partial charge in [0.1, 0.15) is 5.82 Å². The highest BCUT2D eigenvalue weighted by molar-refractivity contribution is 7.99. The standard InChI is InChI=1S/C19H18ClN3OS/c1-3-14-4-10-17(11-5-14)23-13(2)21-22-19(23)25-12-18(24)15-6-8-16(20)9-7-15/h4-11H,3,12H2,1-2H3. The van der Waals surface area contributed by atoms with Crippen LogP contribution in [0.2, 0.25) is 5.02 Å². The monoisotopic (exact) mass is 371 g/mol. The molecule has 2 aromatic carbocycles. The van der Waals surface area contributed by atoms with Crippen LogP contribution >= 0.6 is 23.4 Å². The maximum absolute atomic E-state index is 12.3. The van der Waals surface area contributed by atoms with Crippen molar-refractivity contribution in [1.82, 2.24) is 14.8 Å². The van der Waals surface area contributed by atoms with E-state index in [1.54, 1.807) is 24.3 Å². The van der Waals surface area contributed by atoms with Crippen LogP contribution in [0.4, 0.5) is 0 Å². The van der Waals surface area contributed by atoms with E-state index >= 15 is 0 Å². The number of hydrogen-bond donors (Lipinski definition) is 0. The summed E-state index contributed by atoms with van der Waals surface area (Å²) in [6.45, 7) is 4.04. The number of aromatic nitrogens is 3. The topological polar surface area (TPSA) is 47.8 Å². The van der Waals surface area contributed by atoms with Crippen molar-refractivity contribution in [2.45, 2.75) is 25.4 Å². The number of benzene rings is 2. The molecule has 0 unspecified atom stereocenters. The van der Waals surface area contributed by atoms with Gasteiger partial charge < -0.3 is 0 Å². The average Bonchev–Trinajstić information content (AvgIpc) is 3.01. The number of Topliss-reactive ketones (excluding diaryl/α,β-unsaturated/α-hetero) is 1. The predicted molar refractivity (Wildman–Crippen MR) is 102 cm³/mol. The molecule has 0 atom stereocenters. The molecule has 0 bridgehead atoms. The molecule has 1 heterocycles. The third-order valence-corrected chi connectivity index (χ3v) is 5.08. The second kappa shape index (κ2) is 7.85. The van der Waals surface area contributed by atoms with Crippen molar-refractivity contribution in [1.29, 1.82) is 0 Å². The summed E-state index contributed by atoms with van der Waals surface area (Å²) in [7, 11) is 0. The van der Waals surface area contributed by atoms with Crippen molar-refractivity contribution in [3.8, 4) is 5.69 Å². The molecule has 0 aliphatic heterocycles. The van der Waals surface area contributed by atoms with E-state index < -0.39 is 0 Å². The summed E-state index contributed by atoms with van der Waals surface area (Å²) in [5.41, 5.74) is 2.93. The summed E-state index contributed by atoms with van der Waals surface area (Å²) in [6.07, 6.45) is 0.999. The van der Waals surface area contributed by atoms with Crippen LogP contribution in [0.5, 0.6) is 0 Å². The molecule has 0 saturated heterocycles. The second-order valence-electron chi connectivity index (χ2n) is 5.60. The van der Waals surface area contributed by atoms with Gasteiger partial charge in [-0.15, -0.1) is 10.2 Å². The molecule has 0 aliphatic carbocycles. The molecular weight excluding hydrogens is 354 g/mol. The zero-order valence-corrected chi connectivity index (χ0v) is 15.6. The maximum Gasteiger partial charge on any atom is 0.196 e. The number of ketones is 1. The van der Waals surface area contributed by atoms with Crippen molar-refractivity contribution in [3.63, 3.8) is 0 Å². The zero-order chi connectivity index (χ0) is 17.8. The van der Waals surface area contributed by atoms with Crippen LogP contribution in [0.15, 0.2) is 53.7 Å². The molecule has 3 rings (SSSR count). The molecule has 0 aliphatic rings. The van der Waals surface area contributed by atoms with E-state index in [9.17, 15) is 4.79 Å². The highest BCUT2D eigenvalue weighted by Gasteiger charge is 2.14. The smallest absolute Gasteiger partial charge is 0.196 e. The normalized spacial score (nSPS) is 10.8. The Morgan fingerprint density at radius 1 is 1.08 bits per heavy atom. The van der Waals surface area contributed by atoms with Gasteiger partial charge in [0.15, 0.2) is 10.9 Å². The molecular formula is C19H18ClN3OS. The van der Waals surface area contributed by atoms with Crippen molar-refractivity contribution in [2.24, 2.45) is 0 Å². The first kappa shape index (κ1) is 17.7. The third kappa shape index (κ3) is 4.11. The van der Waals surface area contributed by atoms with Gasteiger partial charge in [0.2, 0.25) is 0 Å². The molecule has 128 valence electrons. The van der Waals surface area contributed by atoms with Crippen LogP contribution in [0, 0.1) is 6.92 Å². The number of halogens is 1. The number of aryl methyl sites for hydroxylation is 2. The first-order chi connectivity index (χ1) is 12.1. The lowest BCUT2D eigenvalue weighted by molar-refractivity contribution is 0.102. The van der Waals surface area contributed by atoms with Gasteiger partial charge in [0.25, 0.3) is 0 Å². The number of thioether (sulfide) groups is 1. The van der Waals surface area contributed by atoms with Crippen molar-refractivity contribution in [2.75, 3.05) is 5.75 Å². The molecule has 0 saturated carbocycles. The fourth-order valence-corrected chi connectivity index (χ4v) is 3.48. The molecule has 0 radical (unpaired) electrons. The Labute approximate surface area is 156 Å². The lowest BCUT2D eigenvalue weighted by atomic mass is 10.1. The molecule has 6 heteroatoms. The minimum Gasteiger partial charge on any atom is -0.293 e. The Morgan fingerprint density at radius 2 is 1.76 bits per heavy atom. The van der Waals surface area contributed by atoms with Crippen molar-refractivity contribution < 1.29 is 4.79 Å². The van der Waals surface area contributed by atoms with E-state index in [2.05, 4.69) is 41.4 Å². The van der Waals surface area contributed by atoms with Crippen LogP contribution in [-0.4, -0.2) is 26.3 Å². The van der Waals surface area contributed by atoms with E-state index in [-0.39, 0.29) is 5.78 Å². The molecule has 0 fully saturated rings. The molecule has 3 aromatic rings. The summed E-state index contributed by atoms with van der Waals surface area (Å²) in [6, 6.07) is 15.2. The molecule has 0 amide bonds. The Bertz CT molecular complexity index is 873. The summed E-state index contributed by atoms with van der Waals surface area (Å²) < 4.78 is 1.97. The SMILES string of the molecule is CCc1ccc(-n2c(C)nnc2SCC(=O)c2ccc(Cl)cc2)cc1. The van der Waals surface area contributed by atoms with E-state index in [4.69, 9.17) is 11.6 Å². The van der Waals surface area contributed by atoms with Gasteiger partial charge in [-0.1, -0.05) is 42.4 Å². The van der Waals surface area contributed by atoms with Gasteiger partial charge in [-0.05, 0) is 55.3 Å². The minimum atomic E-state index is 0.0372. The molecule has 0 N–H and O–H groups in total. The lowest BCUT2D eigenvalue weighted by Gasteiger charge is -2.09. The lowest BCUT2D eigenvalue weighted by Crippen LogP contribution is -2.05. The van der Waals surface area contributed by atoms with E-state index in [0.29, 0.717) is 21.5 Å². The van der Waals surface area contributed by atoms with Crippen LogP contribution in [-0.2, 0) is 6.42 Å². The van der Waals surface area contributed by atoms with Crippen molar-refractivity contribution in [3.05, 3.63) is 70.5 Å². The van der Waals surface area contributed by atoms with E-state index in [1.807, 2.05) is 11.5 Å². The van der Waals surface area contributed by atoms with Gasteiger partial charge in [0, 0.05) is 16.3 Å². The third-order valence-electron chi connectivity index (χ3n) is 3.90. The van der Waals surface area contributed by atoms with Crippen LogP contribution in [0.3, 0.4) is 0 Å². The quantitative estimate of drug-likeness (QED) is 0.462. The van der Waals surface area contributed by atoms with Crippen LogP contribution in [0.1, 0.15) is 28.7 Å². The Balaban J connectivity index is 1.77. The Morgan fingerprint density at radius 3 is 2.40 bits per heavy atom. The number of carbonyl (C=O) groups is 1. The zero-order valence-electron chi connectivity index (χ0n) is 14.1. The molecule has 25 heavy (non-hydrogen) atoms. The number of hydrogen-bond acceptors (Lipinski definition) is 4. The van der Waals surface area contributed by atoms with E-state index in [1.165, 1.54) is 17.3 Å². The first-order valence-corrected chi connectivity index (χ1v) is 9.37. The van der Waals surface area contributed by atoms with Gasteiger partial charge in [-0.25, -0.2) is 0 Å². The highest BCUT2D eigenvalue weighted by Crippen LogP contribution is 2.23. The van der Waals surface area contributed by atoms with Gasteiger partial charge >= 0.3 is 0 Å². The molecule has 0 spiro atoms. The molecule has 4 nitrogen and oxygen atoms in total. The first-order valence-electron chi connectivity index (χ1n) is 8.01. The largest absolute Gasteiger partial charge is 0.293 e. The van der Waals surface area contributed by atoms with Gasteiger partial charge in [-0.2, -0.15) is 0 Å².